The van der Waals surface area contributed by atoms with Crippen LogP contribution in [0.5, 0.6) is 5.19 Å². The quantitative estimate of drug-likeness (QED) is 0.622. The van der Waals surface area contributed by atoms with Gasteiger partial charge in [-0.25, -0.2) is 21.5 Å². The number of fused-ring (bicyclic) bond motifs is 1. The normalized spacial score (nSPS) is 16.5. The van der Waals surface area contributed by atoms with E-state index >= 15 is 0 Å². The molecule has 148 valence electrons. The van der Waals surface area contributed by atoms with Crippen LogP contribution in [-0.2, 0) is 15.8 Å². The highest BCUT2D eigenvalue weighted by Crippen LogP contribution is 2.31. The highest BCUT2D eigenvalue weighted by Gasteiger charge is 2.29. The zero-order valence-corrected chi connectivity index (χ0v) is 16.5. The van der Waals surface area contributed by atoms with E-state index in [1.807, 2.05) is 0 Å². The van der Waals surface area contributed by atoms with Crippen LogP contribution in [0, 0.1) is 11.6 Å². The summed E-state index contributed by atoms with van der Waals surface area (Å²) in [6, 6.07) is 10.4. The second kappa shape index (κ2) is 7.73. The van der Waals surface area contributed by atoms with Gasteiger partial charge in [0.25, 0.3) is 5.19 Å². The summed E-state index contributed by atoms with van der Waals surface area (Å²) in [4.78, 5) is 4.19. The molecule has 0 saturated carbocycles. The Balaban J connectivity index is 1.37. The number of piperidine rings is 1. The first-order valence-electron chi connectivity index (χ1n) is 8.85. The molecule has 1 saturated heterocycles. The van der Waals surface area contributed by atoms with E-state index in [0.29, 0.717) is 41.4 Å². The van der Waals surface area contributed by atoms with Crippen molar-refractivity contribution in [2.75, 3.05) is 13.1 Å². The smallest absolute Gasteiger partial charge is 0.274 e. The molecule has 4 rings (SSSR count). The molecule has 5 nitrogen and oxygen atoms in total. The van der Waals surface area contributed by atoms with E-state index in [1.165, 1.54) is 39.9 Å². The van der Waals surface area contributed by atoms with E-state index in [-0.39, 0.29) is 23.2 Å². The predicted octanol–water partition coefficient (Wildman–Crippen LogP) is 3.95. The zero-order valence-electron chi connectivity index (χ0n) is 14.8. The molecule has 0 aliphatic carbocycles. The molecule has 28 heavy (non-hydrogen) atoms. The summed E-state index contributed by atoms with van der Waals surface area (Å²) in [7, 11) is -3.53. The number of para-hydroxylation sites is 1. The molecule has 3 aromatic rings. The second-order valence-electron chi connectivity index (χ2n) is 6.67. The molecule has 0 spiro atoms. The van der Waals surface area contributed by atoms with Crippen molar-refractivity contribution in [1.29, 1.82) is 0 Å². The van der Waals surface area contributed by atoms with Gasteiger partial charge in [-0.15, -0.1) is 0 Å². The SMILES string of the molecule is O=S(=O)(Cc1cccc(F)c1)N1CCC(Oc2nc3c(F)cccc3s2)CC1. The van der Waals surface area contributed by atoms with Crippen LogP contribution >= 0.6 is 11.3 Å². The average molecular weight is 424 g/mol. The van der Waals surface area contributed by atoms with E-state index < -0.39 is 15.8 Å². The van der Waals surface area contributed by atoms with Crippen LogP contribution in [-0.4, -0.2) is 36.9 Å². The van der Waals surface area contributed by atoms with Crippen molar-refractivity contribution in [2.45, 2.75) is 24.7 Å². The lowest BCUT2D eigenvalue weighted by Gasteiger charge is -2.30. The molecule has 0 atom stereocenters. The third-order valence-electron chi connectivity index (χ3n) is 4.65. The number of sulfonamides is 1. The van der Waals surface area contributed by atoms with Crippen LogP contribution < -0.4 is 4.74 Å². The summed E-state index contributed by atoms with van der Waals surface area (Å²) in [5, 5.41) is 0.390. The van der Waals surface area contributed by atoms with Crippen LogP contribution in [0.15, 0.2) is 42.5 Å². The molecule has 0 amide bonds. The van der Waals surface area contributed by atoms with Gasteiger partial charge in [-0.05, 0) is 42.7 Å². The van der Waals surface area contributed by atoms with E-state index in [0.717, 1.165) is 0 Å². The maximum Gasteiger partial charge on any atom is 0.274 e. The zero-order chi connectivity index (χ0) is 19.7. The van der Waals surface area contributed by atoms with E-state index in [9.17, 15) is 17.2 Å². The number of halogens is 2. The van der Waals surface area contributed by atoms with Gasteiger partial charge in [0.05, 0.1) is 10.5 Å². The van der Waals surface area contributed by atoms with Crippen LogP contribution in [0.4, 0.5) is 8.78 Å². The van der Waals surface area contributed by atoms with Crippen LogP contribution in [0.2, 0.25) is 0 Å². The fourth-order valence-electron chi connectivity index (χ4n) is 3.24. The molecule has 1 fully saturated rings. The summed E-state index contributed by atoms with van der Waals surface area (Å²) in [5.74, 6) is -1.07. The largest absolute Gasteiger partial charge is 0.467 e. The van der Waals surface area contributed by atoms with Gasteiger partial charge in [-0.3, -0.25) is 0 Å². The van der Waals surface area contributed by atoms with Crippen molar-refractivity contribution < 1.29 is 21.9 Å². The maximum atomic E-state index is 13.8. The summed E-state index contributed by atoms with van der Waals surface area (Å²) in [6.07, 6.45) is 0.853. The number of thiazole rings is 1. The van der Waals surface area contributed by atoms with E-state index in [1.54, 1.807) is 18.2 Å². The number of nitrogens with zero attached hydrogens (tertiary/aromatic N) is 2. The van der Waals surface area contributed by atoms with Gasteiger partial charge in [0.15, 0.2) is 0 Å². The molecule has 2 aromatic carbocycles. The van der Waals surface area contributed by atoms with E-state index in [2.05, 4.69) is 4.98 Å². The Labute approximate surface area is 165 Å². The Kier molecular flexibility index (Phi) is 5.31. The molecule has 1 aliphatic heterocycles. The second-order valence-corrected chi connectivity index (χ2v) is 9.63. The Morgan fingerprint density at radius 3 is 2.61 bits per heavy atom. The van der Waals surface area contributed by atoms with Crippen molar-refractivity contribution in [3.63, 3.8) is 0 Å². The molecule has 0 unspecified atom stereocenters. The predicted molar refractivity (Wildman–Crippen MR) is 104 cm³/mol. The molecule has 9 heteroatoms. The number of hydrogen-bond donors (Lipinski definition) is 0. The molecule has 0 radical (unpaired) electrons. The Morgan fingerprint density at radius 2 is 1.89 bits per heavy atom. The van der Waals surface area contributed by atoms with E-state index in [4.69, 9.17) is 4.74 Å². The first-order chi connectivity index (χ1) is 13.4. The molecule has 1 aliphatic rings. The van der Waals surface area contributed by atoms with Crippen molar-refractivity contribution in [3.8, 4) is 5.19 Å². The summed E-state index contributed by atoms with van der Waals surface area (Å²) >= 11 is 1.27. The lowest BCUT2D eigenvalue weighted by atomic mass is 10.1. The third kappa shape index (κ3) is 4.16. The summed E-state index contributed by atoms with van der Waals surface area (Å²) in [5.41, 5.74) is 0.715. The average Bonchev–Trinajstić information content (AvgIpc) is 3.06. The van der Waals surface area contributed by atoms with Crippen LogP contribution in [0.25, 0.3) is 10.2 Å². The van der Waals surface area contributed by atoms with Crippen LogP contribution in [0.1, 0.15) is 18.4 Å². The topological polar surface area (TPSA) is 59.5 Å². The fraction of sp³-hybridized carbons (Fsp3) is 0.316. The first-order valence-corrected chi connectivity index (χ1v) is 11.3. The lowest BCUT2D eigenvalue weighted by Crippen LogP contribution is -2.42. The van der Waals surface area contributed by atoms with Gasteiger partial charge in [0.2, 0.25) is 10.0 Å². The van der Waals surface area contributed by atoms with Crippen molar-refractivity contribution in [3.05, 3.63) is 59.7 Å². The highest BCUT2D eigenvalue weighted by molar-refractivity contribution is 7.88. The maximum absolute atomic E-state index is 13.8. The number of ether oxygens (including phenoxy) is 1. The van der Waals surface area contributed by atoms with Crippen molar-refractivity contribution in [1.82, 2.24) is 9.29 Å². The molecular formula is C19H18F2N2O3S2. The number of aromatic nitrogens is 1. The molecule has 2 heterocycles. The van der Waals surface area contributed by atoms with Crippen molar-refractivity contribution in [2.24, 2.45) is 0 Å². The van der Waals surface area contributed by atoms with Gasteiger partial charge in [-0.1, -0.05) is 29.5 Å². The van der Waals surface area contributed by atoms with Gasteiger partial charge in [0.1, 0.15) is 23.3 Å². The molecule has 1 aromatic heterocycles. The fourth-order valence-corrected chi connectivity index (χ4v) is 5.69. The summed E-state index contributed by atoms with van der Waals surface area (Å²) < 4.78 is 60.2. The van der Waals surface area contributed by atoms with Gasteiger partial charge in [0, 0.05) is 13.1 Å². The number of hydrogen-bond acceptors (Lipinski definition) is 5. The van der Waals surface area contributed by atoms with Gasteiger partial charge >= 0.3 is 0 Å². The van der Waals surface area contributed by atoms with Crippen LogP contribution in [0.3, 0.4) is 0 Å². The van der Waals surface area contributed by atoms with Gasteiger partial charge in [-0.2, -0.15) is 4.98 Å². The minimum Gasteiger partial charge on any atom is -0.467 e. The monoisotopic (exact) mass is 424 g/mol. The third-order valence-corrected chi connectivity index (χ3v) is 7.41. The first kappa shape index (κ1) is 19.2. The summed E-state index contributed by atoms with van der Waals surface area (Å²) in [6.45, 7) is 0.642. The number of benzene rings is 2. The standard InChI is InChI=1S/C19H18F2N2O3S2/c20-14-4-1-3-13(11-14)12-28(24,25)23-9-7-15(8-10-23)26-19-22-18-16(21)5-2-6-17(18)27-19/h1-6,11,15H,7-10,12H2. The molecule has 0 bridgehead atoms. The minimum absolute atomic E-state index is 0.177. The van der Waals surface area contributed by atoms with Crippen molar-refractivity contribution >= 4 is 31.6 Å². The molecule has 0 N–H and O–H groups in total. The molecular weight excluding hydrogens is 406 g/mol. The lowest BCUT2D eigenvalue weighted by molar-refractivity contribution is 0.135. The highest BCUT2D eigenvalue weighted by atomic mass is 32.2. The Morgan fingerprint density at radius 1 is 1.14 bits per heavy atom. The number of rotatable bonds is 5. The Bertz CT molecular complexity index is 1090. The van der Waals surface area contributed by atoms with Gasteiger partial charge < -0.3 is 4.74 Å². The minimum atomic E-state index is -3.53. The Hall–Kier alpha value is -2.10.